The lowest BCUT2D eigenvalue weighted by Crippen LogP contribution is -2.35. The minimum atomic E-state index is -4.58. The molecule has 7 nitrogen and oxygen atoms in total. The molecule has 5 rings (SSSR count). The molecule has 0 saturated carbocycles. The van der Waals surface area contributed by atoms with Crippen molar-refractivity contribution in [3.05, 3.63) is 63.8 Å². The number of fused-ring (bicyclic) bond motifs is 2. The molecule has 3 aromatic rings. The first kappa shape index (κ1) is 21.7. The maximum Gasteiger partial charge on any atom is 0.410 e. The minimum Gasteiger partial charge on any atom is -0.454 e. The van der Waals surface area contributed by atoms with Crippen LogP contribution in [0.1, 0.15) is 34.6 Å². The highest BCUT2D eigenvalue weighted by Crippen LogP contribution is 2.45. The van der Waals surface area contributed by atoms with Gasteiger partial charge in [0.25, 0.3) is 5.91 Å². The van der Waals surface area contributed by atoms with E-state index in [4.69, 9.17) is 32.7 Å². The largest absolute Gasteiger partial charge is 0.454 e. The van der Waals surface area contributed by atoms with Gasteiger partial charge in [-0.1, -0.05) is 29.3 Å². The Bertz CT molecular complexity index is 1250. The van der Waals surface area contributed by atoms with Gasteiger partial charge in [-0.25, -0.2) is 4.68 Å². The monoisotopic (exact) mass is 498 g/mol. The average molecular weight is 499 g/mol. The summed E-state index contributed by atoms with van der Waals surface area (Å²) in [5, 5.41) is 10.1. The first-order chi connectivity index (χ1) is 15.7. The lowest BCUT2D eigenvalue weighted by Gasteiger charge is -2.33. The fourth-order valence-electron chi connectivity index (χ4n) is 3.81. The SMILES string of the molecule is O=C(Nc1ccc(Cl)cc1Cl)c1cc2n(n1)C(C(F)(F)F)CC(c1ccc3c(c1)OCO3)N2. The normalized spacial score (nSPS) is 19.1. The summed E-state index contributed by atoms with van der Waals surface area (Å²) in [6, 6.07) is 8.11. The zero-order chi connectivity index (χ0) is 23.3. The van der Waals surface area contributed by atoms with Crippen LogP contribution in [0.2, 0.25) is 10.0 Å². The van der Waals surface area contributed by atoms with Gasteiger partial charge in [0.1, 0.15) is 5.82 Å². The molecule has 2 atom stereocenters. The van der Waals surface area contributed by atoms with E-state index in [9.17, 15) is 18.0 Å². The maximum atomic E-state index is 13.9. The number of hydrogen-bond donors (Lipinski definition) is 2. The number of hydrogen-bond acceptors (Lipinski definition) is 5. The number of amides is 1. The topological polar surface area (TPSA) is 77.4 Å². The first-order valence-corrected chi connectivity index (χ1v) is 10.5. The Morgan fingerprint density at radius 3 is 2.67 bits per heavy atom. The second-order valence-corrected chi connectivity index (χ2v) is 8.38. The third-order valence-corrected chi connectivity index (χ3v) is 5.95. The van der Waals surface area contributed by atoms with Crippen LogP contribution in [0.3, 0.4) is 0 Å². The molecule has 0 saturated heterocycles. The van der Waals surface area contributed by atoms with Gasteiger partial charge in [-0.15, -0.1) is 0 Å². The molecular weight excluding hydrogens is 484 g/mol. The van der Waals surface area contributed by atoms with Gasteiger partial charge in [-0.05, 0) is 35.9 Å². The number of nitrogens with one attached hydrogen (secondary N) is 2. The van der Waals surface area contributed by atoms with Gasteiger partial charge in [0.05, 0.1) is 16.8 Å². The molecule has 2 aromatic carbocycles. The fraction of sp³-hybridized carbons (Fsp3) is 0.238. The fourth-order valence-corrected chi connectivity index (χ4v) is 4.27. The molecule has 0 spiro atoms. The summed E-state index contributed by atoms with van der Waals surface area (Å²) in [6.45, 7) is 0.0605. The predicted molar refractivity (Wildman–Crippen MR) is 115 cm³/mol. The van der Waals surface area contributed by atoms with Crippen molar-refractivity contribution in [1.82, 2.24) is 9.78 Å². The van der Waals surface area contributed by atoms with Crippen LogP contribution in [-0.4, -0.2) is 28.7 Å². The van der Waals surface area contributed by atoms with Gasteiger partial charge in [0.2, 0.25) is 6.79 Å². The second kappa shape index (κ2) is 8.03. The second-order valence-electron chi connectivity index (χ2n) is 7.54. The van der Waals surface area contributed by atoms with Crippen LogP contribution in [0.5, 0.6) is 11.5 Å². The Morgan fingerprint density at radius 2 is 1.91 bits per heavy atom. The molecule has 0 bridgehead atoms. The van der Waals surface area contributed by atoms with Crippen molar-refractivity contribution in [2.24, 2.45) is 0 Å². The lowest BCUT2D eigenvalue weighted by atomic mass is 9.96. The van der Waals surface area contributed by atoms with Crippen LogP contribution in [-0.2, 0) is 0 Å². The number of carbonyl (C=O) groups is 1. The number of aromatic nitrogens is 2. The zero-order valence-electron chi connectivity index (χ0n) is 16.6. The number of rotatable bonds is 3. The molecule has 33 heavy (non-hydrogen) atoms. The molecule has 1 amide bonds. The summed E-state index contributed by atoms with van der Waals surface area (Å²) in [6.07, 6.45) is -4.90. The Labute approximate surface area is 195 Å². The summed E-state index contributed by atoms with van der Waals surface area (Å²) < 4.78 is 53.1. The third-order valence-electron chi connectivity index (χ3n) is 5.40. The summed E-state index contributed by atoms with van der Waals surface area (Å²) in [4.78, 5) is 12.7. The Balaban J connectivity index is 1.45. The molecule has 3 heterocycles. The number of anilines is 2. The van der Waals surface area contributed by atoms with Crippen LogP contribution >= 0.6 is 23.2 Å². The summed E-state index contributed by atoms with van der Waals surface area (Å²) >= 11 is 11.9. The van der Waals surface area contributed by atoms with Crippen molar-refractivity contribution in [3.8, 4) is 11.5 Å². The van der Waals surface area contributed by atoms with Crippen molar-refractivity contribution in [2.75, 3.05) is 17.4 Å². The number of halogens is 5. The third kappa shape index (κ3) is 4.16. The number of alkyl halides is 3. The Morgan fingerprint density at radius 1 is 1.12 bits per heavy atom. The van der Waals surface area contributed by atoms with Crippen molar-refractivity contribution >= 4 is 40.6 Å². The smallest absolute Gasteiger partial charge is 0.410 e. The Kier molecular flexibility index (Phi) is 5.29. The van der Waals surface area contributed by atoms with Gasteiger partial charge in [-0.2, -0.15) is 18.3 Å². The number of nitrogens with zero attached hydrogens (tertiary/aromatic N) is 2. The van der Waals surface area contributed by atoms with E-state index in [0.717, 1.165) is 4.68 Å². The standard InChI is InChI=1S/C21H15Cl2F3N4O3/c22-11-2-3-13(12(23)6-11)28-20(31)15-8-19-27-14(7-18(21(24,25)26)30(19)29-15)10-1-4-16-17(5-10)33-9-32-16/h1-6,8,14,18,27H,7,9H2,(H,28,31). The van der Waals surface area contributed by atoms with Crippen LogP contribution in [0.25, 0.3) is 0 Å². The summed E-state index contributed by atoms with van der Waals surface area (Å²) in [5.74, 6) is 0.366. The molecule has 0 fully saturated rings. The summed E-state index contributed by atoms with van der Waals surface area (Å²) in [5.41, 5.74) is 0.666. The van der Waals surface area contributed by atoms with Crippen molar-refractivity contribution < 1.29 is 27.4 Å². The zero-order valence-corrected chi connectivity index (χ0v) is 18.1. The highest BCUT2D eigenvalue weighted by Gasteiger charge is 2.47. The number of carbonyl (C=O) groups excluding carboxylic acids is 1. The maximum absolute atomic E-state index is 13.9. The van der Waals surface area contributed by atoms with Gasteiger partial charge in [0.15, 0.2) is 23.2 Å². The number of ether oxygens (including phenoxy) is 2. The predicted octanol–water partition coefficient (Wildman–Crippen LogP) is 5.83. The van der Waals surface area contributed by atoms with Crippen LogP contribution in [0.4, 0.5) is 24.7 Å². The number of benzene rings is 2. The molecule has 2 unspecified atom stereocenters. The van der Waals surface area contributed by atoms with E-state index in [1.54, 1.807) is 18.2 Å². The minimum absolute atomic E-state index is 0.0605. The van der Waals surface area contributed by atoms with E-state index in [0.29, 0.717) is 22.1 Å². The lowest BCUT2D eigenvalue weighted by molar-refractivity contribution is -0.173. The van der Waals surface area contributed by atoms with E-state index in [2.05, 4.69) is 15.7 Å². The van der Waals surface area contributed by atoms with Gasteiger partial charge < -0.3 is 20.1 Å². The molecule has 2 aliphatic rings. The van der Waals surface area contributed by atoms with Gasteiger partial charge >= 0.3 is 6.18 Å². The average Bonchev–Trinajstić information content (AvgIpc) is 3.40. The van der Waals surface area contributed by atoms with E-state index in [1.165, 1.54) is 24.3 Å². The van der Waals surface area contributed by atoms with E-state index in [1.807, 2.05) is 0 Å². The molecule has 12 heteroatoms. The van der Waals surface area contributed by atoms with Crippen LogP contribution in [0.15, 0.2) is 42.5 Å². The van der Waals surface area contributed by atoms with Gasteiger partial charge in [0, 0.05) is 17.5 Å². The van der Waals surface area contributed by atoms with Crippen LogP contribution in [0, 0.1) is 0 Å². The van der Waals surface area contributed by atoms with Crippen molar-refractivity contribution in [3.63, 3.8) is 0 Å². The van der Waals surface area contributed by atoms with E-state index < -0.39 is 24.2 Å². The molecular formula is C21H15Cl2F3N4O3. The molecule has 0 aliphatic carbocycles. The van der Waals surface area contributed by atoms with E-state index >= 15 is 0 Å². The van der Waals surface area contributed by atoms with Gasteiger partial charge in [-0.3, -0.25) is 4.79 Å². The van der Waals surface area contributed by atoms with Crippen molar-refractivity contribution in [2.45, 2.75) is 24.7 Å². The van der Waals surface area contributed by atoms with Crippen molar-refractivity contribution in [1.29, 1.82) is 0 Å². The molecule has 2 aliphatic heterocycles. The Hall–Kier alpha value is -3.11. The molecule has 172 valence electrons. The van der Waals surface area contributed by atoms with Crippen LogP contribution < -0.4 is 20.1 Å². The molecule has 0 radical (unpaired) electrons. The highest BCUT2D eigenvalue weighted by molar-refractivity contribution is 6.36. The summed E-state index contributed by atoms with van der Waals surface area (Å²) in [7, 11) is 0. The highest BCUT2D eigenvalue weighted by atomic mass is 35.5. The quantitative estimate of drug-likeness (QED) is 0.474. The molecule has 2 N–H and O–H groups in total. The first-order valence-electron chi connectivity index (χ1n) is 9.78. The van der Waals surface area contributed by atoms with E-state index in [-0.39, 0.29) is 35.4 Å². The molecule has 1 aromatic heterocycles.